The molecule has 0 unspecified atom stereocenters. The van der Waals surface area contributed by atoms with E-state index in [9.17, 15) is 19.1 Å². The third kappa shape index (κ3) is 3.48. The van der Waals surface area contributed by atoms with Crippen molar-refractivity contribution in [3.63, 3.8) is 0 Å². The van der Waals surface area contributed by atoms with E-state index in [2.05, 4.69) is 26.0 Å². The number of alkyl halides is 1. The van der Waals surface area contributed by atoms with Crippen LogP contribution in [0, 0.1) is 0 Å². The Balaban J connectivity index is 1.46. The molecule has 10 nitrogen and oxygen atoms in total. The van der Waals surface area contributed by atoms with Crippen molar-refractivity contribution < 1.29 is 14.3 Å². The van der Waals surface area contributed by atoms with Crippen LogP contribution in [0.1, 0.15) is 42.1 Å². The molecule has 0 aliphatic heterocycles. The molecule has 32 heavy (non-hydrogen) atoms. The molecule has 0 bridgehead atoms. The van der Waals surface area contributed by atoms with Crippen molar-refractivity contribution in [2.24, 2.45) is 0 Å². The lowest BCUT2D eigenvalue weighted by Gasteiger charge is -2.32. The van der Waals surface area contributed by atoms with Gasteiger partial charge in [0.1, 0.15) is 29.1 Å². The summed E-state index contributed by atoms with van der Waals surface area (Å²) in [4.78, 5) is 30.1. The fraction of sp³-hybridized carbons (Fsp3) is 0.429. The van der Waals surface area contributed by atoms with Gasteiger partial charge >= 0.3 is 0 Å². The Kier molecular flexibility index (Phi) is 5.04. The summed E-state index contributed by atoms with van der Waals surface area (Å²) < 4.78 is 16.3. The molecule has 0 radical (unpaired) electrons. The largest absolute Gasteiger partial charge is 0.391 e. The van der Waals surface area contributed by atoms with E-state index in [1.165, 1.54) is 15.3 Å². The lowest BCUT2D eigenvalue weighted by atomic mass is 9.89. The van der Waals surface area contributed by atoms with Crippen LogP contribution < -0.4 is 21.5 Å². The van der Waals surface area contributed by atoms with Gasteiger partial charge in [-0.1, -0.05) is 0 Å². The van der Waals surface area contributed by atoms with Gasteiger partial charge in [0.05, 0.1) is 18.3 Å². The van der Waals surface area contributed by atoms with Crippen molar-refractivity contribution in [2.45, 2.75) is 50.0 Å². The van der Waals surface area contributed by atoms with E-state index < -0.39 is 12.3 Å². The van der Waals surface area contributed by atoms with Gasteiger partial charge in [-0.3, -0.25) is 9.59 Å². The third-order valence-electron chi connectivity index (χ3n) is 6.21. The first-order valence-electron chi connectivity index (χ1n) is 10.6. The number of pyridine rings is 1. The van der Waals surface area contributed by atoms with Crippen LogP contribution in [0.15, 0.2) is 35.4 Å². The molecule has 2 fully saturated rings. The van der Waals surface area contributed by atoms with Crippen molar-refractivity contribution >= 4 is 28.9 Å². The molecule has 0 spiro atoms. The molecule has 2 atom stereocenters. The maximum atomic E-state index is 13.3. The van der Waals surface area contributed by atoms with Gasteiger partial charge in [0.25, 0.3) is 11.5 Å². The Bertz CT molecular complexity index is 1230. The number of aliphatic hydroxyl groups excluding tert-OH is 1. The molecule has 2 saturated carbocycles. The number of hydrogen-bond acceptors (Lipinski definition) is 7. The zero-order chi connectivity index (χ0) is 22.4. The number of halogens is 1. The molecular weight excluding hydrogens is 417 g/mol. The quantitative estimate of drug-likeness (QED) is 0.458. The third-order valence-corrected chi connectivity index (χ3v) is 6.21. The summed E-state index contributed by atoms with van der Waals surface area (Å²) in [7, 11) is 1.71. The van der Waals surface area contributed by atoms with E-state index in [-0.39, 0.29) is 29.1 Å². The van der Waals surface area contributed by atoms with Crippen molar-refractivity contribution in [3.8, 4) is 0 Å². The normalized spacial score (nSPS) is 24.5. The van der Waals surface area contributed by atoms with Crippen molar-refractivity contribution in [1.29, 1.82) is 0 Å². The number of fused-ring (bicyclic) bond motifs is 1. The van der Waals surface area contributed by atoms with Crippen LogP contribution in [0.2, 0.25) is 0 Å². The summed E-state index contributed by atoms with van der Waals surface area (Å²) in [5.41, 5.74) is 0.610. The lowest BCUT2D eigenvalue weighted by Crippen LogP contribution is -2.50. The smallest absolute Gasteiger partial charge is 0.274 e. The molecule has 1 amide bonds. The molecule has 3 aromatic rings. The summed E-state index contributed by atoms with van der Waals surface area (Å²) in [6.07, 6.45) is 3.74. The molecule has 2 aliphatic rings. The van der Waals surface area contributed by atoms with Gasteiger partial charge in [-0.25, -0.2) is 9.37 Å². The first-order chi connectivity index (χ1) is 15.4. The van der Waals surface area contributed by atoms with Gasteiger partial charge in [-0.15, -0.1) is 0 Å². The highest BCUT2D eigenvalue weighted by Gasteiger charge is 2.32. The van der Waals surface area contributed by atoms with Crippen LogP contribution in [0.25, 0.3) is 5.65 Å². The number of nitrogens with zero attached hydrogens (tertiary/aromatic N) is 4. The fourth-order valence-corrected chi connectivity index (χ4v) is 4.04. The Morgan fingerprint density at radius 3 is 2.78 bits per heavy atom. The molecule has 0 aromatic carbocycles. The highest BCUT2D eigenvalue weighted by molar-refractivity contribution is 6.00. The Hall–Kier alpha value is -3.47. The topological polar surface area (TPSA) is 126 Å². The highest BCUT2D eigenvalue weighted by atomic mass is 19.1. The number of anilines is 3. The molecule has 0 saturated heterocycles. The second-order valence-corrected chi connectivity index (χ2v) is 8.28. The number of amides is 1. The number of aliphatic hydroxyl groups is 1. The Labute approximate surface area is 182 Å². The van der Waals surface area contributed by atoms with Gasteiger partial charge in [-0.2, -0.15) is 9.61 Å². The van der Waals surface area contributed by atoms with E-state index in [0.29, 0.717) is 42.2 Å². The first-order valence-corrected chi connectivity index (χ1v) is 10.6. The molecule has 3 heterocycles. The monoisotopic (exact) mass is 441 g/mol. The van der Waals surface area contributed by atoms with Crippen LogP contribution in [0.4, 0.5) is 21.7 Å². The standard InChI is InChI=1S/C21H24FN7O3/c1-23-18-9-17(25-15-3-2-6-28(21(15)32)12-7-11(22)8-12)27-19-13(10-24-29(18)19)20(31)26-14-4-5-16(14)30/h2-3,6,9-12,14,16,23,30H,4-5,7-8H2,1H3,(H,25,27)(H,26,31)/t11?,12?,14-,16-/m0/s1. The lowest BCUT2D eigenvalue weighted by molar-refractivity contribution is 0.0448. The number of nitrogens with one attached hydrogen (secondary N) is 3. The number of rotatable bonds is 6. The van der Waals surface area contributed by atoms with Crippen LogP contribution in [-0.4, -0.2) is 55.5 Å². The van der Waals surface area contributed by atoms with E-state index in [0.717, 1.165) is 6.42 Å². The number of carbonyl (C=O) groups excluding carboxylic acids is 1. The second kappa shape index (κ2) is 7.90. The van der Waals surface area contributed by atoms with Crippen molar-refractivity contribution in [3.05, 3.63) is 46.5 Å². The van der Waals surface area contributed by atoms with Crippen LogP contribution in [0.5, 0.6) is 0 Å². The number of aromatic nitrogens is 4. The maximum absolute atomic E-state index is 13.3. The summed E-state index contributed by atoms with van der Waals surface area (Å²) in [5.74, 6) is 0.547. The average Bonchev–Trinajstić information content (AvgIpc) is 3.19. The molecule has 4 N–H and O–H groups in total. The molecule has 168 valence electrons. The van der Waals surface area contributed by atoms with Crippen LogP contribution >= 0.6 is 0 Å². The summed E-state index contributed by atoms with van der Waals surface area (Å²) in [6.45, 7) is 0. The maximum Gasteiger partial charge on any atom is 0.274 e. The van der Waals surface area contributed by atoms with Crippen molar-refractivity contribution in [2.75, 3.05) is 17.7 Å². The van der Waals surface area contributed by atoms with E-state index in [1.54, 1.807) is 31.4 Å². The summed E-state index contributed by atoms with van der Waals surface area (Å²) in [6, 6.07) is 4.62. The predicted octanol–water partition coefficient (Wildman–Crippen LogP) is 1.60. The first kappa shape index (κ1) is 20.4. The van der Waals surface area contributed by atoms with Crippen LogP contribution in [-0.2, 0) is 0 Å². The molecule has 11 heteroatoms. The zero-order valence-electron chi connectivity index (χ0n) is 17.5. The Morgan fingerprint density at radius 1 is 1.31 bits per heavy atom. The minimum atomic E-state index is -0.863. The van der Waals surface area contributed by atoms with Crippen molar-refractivity contribution in [1.82, 2.24) is 24.5 Å². The average molecular weight is 441 g/mol. The second-order valence-electron chi connectivity index (χ2n) is 8.28. The predicted molar refractivity (Wildman–Crippen MR) is 116 cm³/mol. The molecule has 3 aromatic heterocycles. The number of carbonyl (C=O) groups is 1. The zero-order valence-corrected chi connectivity index (χ0v) is 17.5. The Morgan fingerprint density at radius 2 is 2.12 bits per heavy atom. The molecule has 2 aliphatic carbocycles. The van der Waals surface area contributed by atoms with E-state index in [1.807, 2.05) is 0 Å². The summed E-state index contributed by atoms with van der Waals surface area (Å²) >= 11 is 0. The minimum absolute atomic E-state index is 0.144. The molecular formula is C21H24FN7O3. The van der Waals surface area contributed by atoms with Gasteiger partial charge in [0.2, 0.25) is 0 Å². The van der Waals surface area contributed by atoms with Gasteiger partial charge in [-0.05, 0) is 37.8 Å². The fourth-order valence-electron chi connectivity index (χ4n) is 4.04. The van der Waals surface area contributed by atoms with E-state index in [4.69, 9.17) is 0 Å². The molecule has 5 rings (SSSR count). The highest BCUT2D eigenvalue weighted by Crippen LogP contribution is 2.33. The van der Waals surface area contributed by atoms with Gasteiger partial charge in [0, 0.05) is 25.4 Å². The van der Waals surface area contributed by atoms with Gasteiger partial charge in [0.15, 0.2) is 5.65 Å². The minimum Gasteiger partial charge on any atom is -0.391 e. The van der Waals surface area contributed by atoms with Crippen LogP contribution in [0.3, 0.4) is 0 Å². The van der Waals surface area contributed by atoms with Gasteiger partial charge < -0.3 is 25.6 Å². The SMILES string of the molecule is CNc1cc(Nc2cccn(C3CC(F)C3)c2=O)nc2c(C(=O)N[C@H]3CC[C@@H]3O)cnn12. The number of hydrogen-bond donors (Lipinski definition) is 4. The van der Waals surface area contributed by atoms with E-state index >= 15 is 0 Å². The summed E-state index contributed by atoms with van der Waals surface area (Å²) in [5, 5.41) is 22.9.